The number of nitrogens with zero attached hydrogens (tertiary/aromatic N) is 2. The summed E-state index contributed by atoms with van der Waals surface area (Å²) >= 11 is 0. The van der Waals surface area contributed by atoms with Gasteiger partial charge in [-0.05, 0) is 13.1 Å². The number of hydrogen-bond acceptors (Lipinski definition) is 6. The summed E-state index contributed by atoms with van der Waals surface area (Å²) < 4.78 is 28.5. The van der Waals surface area contributed by atoms with Gasteiger partial charge in [-0.2, -0.15) is 0 Å². The summed E-state index contributed by atoms with van der Waals surface area (Å²) in [5.74, 6) is 0.488. The van der Waals surface area contributed by atoms with E-state index in [0.29, 0.717) is 19.0 Å². The second kappa shape index (κ2) is 7.06. The lowest BCUT2D eigenvalue weighted by Gasteiger charge is -2.31. The molecule has 0 aromatic carbocycles. The number of carbonyl (C=O) groups excluding carboxylic acids is 1. The van der Waals surface area contributed by atoms with Gasteiger partial charge < -0.3 is 15.0 Å². The van der Waals surface area contributed by atoms with Crippen molar-refractivity contribution in [1.29, 1.82) is 0 Å². The molecule has 1 amide bonds. The van der Waals surface area contributed by atoms with Crippen LogP contribution >= 0.6 is 0 Å². The van der Waals surface area contributed by atoms with E-state index in [0.717, 1.165) is 5.56 Å². The maximum atomic E-state index is 12.0. The van der Waals surface area contributed by atoms with Crippen molar-refractivity contribution in [2.75, 3.05) is 32.2 Å². The van der Waals surface area contributed by atoms with E-state index < -0.39 is 9.84 Å². The molecule has 0 aliphatic carbocycles. The first-order valence-electron chi connectivity index (χ1n) is 7.06. The number of aromatic nitrogens is 1. The first-order chi connectivity index (χ1) is 10.4. The van der Waals surface area contributed by atoms with Gasteiger partial charge in [0.1, 0.15) is 0 Å². The van der Waals surface area contributed by atoms with Gasteiger partial charge in [0, 0.05) is 37.3 Å². The summed E-state index contributed by atoms with van der Waals surface area (Å²) in [4.78, 5) is 18.0. The minimum atomic E-state index is -3.04. The molecule has 1 aliphatic rings. The van der Waals surface area contributed by atoms with E-state index in [9.17, 15) is 13.2 Å². The Morgan fingerprint density at radius 3 is 3.05 bits per heavy atom. The van der Waals surface area contributed by atoms with E-state index in [1.165, 1.54) is 7.11 Å². The van der Waals surface area contributed by atoms with Gasteiger partial charge in [-0.1, -0.05) is 6.07 Å². The summed E-state index contributed by atoms with van der Waals surface area (Å²) in [5.41, 5.74) is 0.781. The van der Waals surface area contributed by atoms with Gasteiger partial charge >= 0.3 is 0 Å². The van der Waals surface area contributed by atoms with E-state index in [1.807, 2.05) is 18.0 Å². The lowest BCUT2D eigenvalue weighted by atomic mass is 10.2. The SMILES string of the molecule is COc1ncccc1CNC(=O)CC1CS(=O)(=O)CCN1C. The Morgan fingerprint density at radius 1 is 1.55 bits per heavy atom. The molecule has 1 atom stereocenters. The fraction of sp³-hybridized carbons (Fsp3) is 0.571. The summed E-state index contributed by atoms with van der Waals surface area (Å²) in [5, 5.41) is 2.79. The zero-order valence-electron chi connectivity index (χ0n) is 12.8. The first kappa shape index (κ1) is 16.7. The maximum absolute atomic E-state index is 12.0. The molecule has 0 saturated carbocycles. The number of amides is 1. The van der Waals surface area contributed by atoms with Gasteiger partial charge in [-0.25, -0.2) is 13.4 Å². The van der Waals surface area contributed by atoms with Gasteiger partial charge in [-0.15, -0.1) is 0 Å². The number of ether oxygens (including phenoxy) is 1. The Labute approximate surface area is 130 Å². The van der Waals surface area contributed by atoms with Crippen LogP contribution in [0.3, 0.4) is 0 Å². The van der Waals surface area contributed by atoms with E-state index in [-0.39, 0.29) is 29.9 Å². The summed E-state index contributed by atoms with van der Waals surface area (Å²) in [6.45, 7) is 0.774. The third-order valence-corrected chi connectivity index (χ3v) is 5.46. The molecule has 122 valence electrons. The van der Waals surface area contributed by atoms with Crippen molar-refractivity contribution in [2.24, 2.45) is 0 Å². The van der Waals surface area contributed by atoms with Crippen LogP contribution in [0.1, 0.15) is 12.0 Å². The molecule has 1 N–H and O–H groups in total. The molecule has 0 bridgehead atoms. The van der Waals surface area contributed by atoms with E-state index in [2.05, 4.69) is 10.3 Å². The van der Waals surface area contributed by atoms with Gasteiger partial charge in [0.15, 0.2) is 9.84 Å². The zero-order chi connectivity index (χ0) is 16.2. The van der Waals surface area contributed by atoms with Crippen LogP contribution in [-0.2, 0) is 21.2 Å². The smallest absolute Gasteiger partial charge is 0.221 e. The fourth-order valence-electron chi connectivity index (χ4n) is 2.41. The average Bonchev–Trinajstić information content (AvgIpc) is 2.49. The normalized spacial score (nSPS) is 21.3. The highest BCUT2D eigenvalue weighted by Gasteiger charge is 2.30. The predicted molar refractivity (Wildman–Crippen MR) is 82.3 cm³/mol. The van der Waals surface area contributed by atoms with Crippen LogP contribution < -0.4 is 10.1 Å². The van der Waals surface area contributed by atoms with Crippen molar-refractivity contribution in [3.05, 3.63) is 23.9 Å². The lowest BCUT2D eigenvalue weighted by molar-refractivity contribution is -0.122. The highest BCUT2D eigenvalue weighted by Crippen LogP contribution is 2.15. The third kappa shape index (κ3) is 4.41. The topological polar surface area (TPSA) is 88.6 Å². The Bertz CT molecular complexity index is 633. The van der Waals surface area contributed by atoms with Gasteiger partial charge in [0.05, 0.1) is 18.6 Å². The van der Waals surface area contributed by atoms with Crippen LogP contribution in [-0.4, -0.2) is 62.5 Å². The van der Waals surface area contributed by atoms with E-state index >= 15 is 0 Å². The van der Waals surface area contributed by atoms with E-state index in [1.54, 1.807) is 12.3 Å². The van der Waals surface area contributed by atoms with Crippen molar-refractivity contribution in [1.82, 2.24) is 15.2 Å². The molecule has 7 nitrogen and oxygen atoms in total. The van der Waals surface area contributed by atoms with Crippen LogP contribution in [0.15, 0.2) is 18.3 Å². The Hall–Kier alpha value is -1.67. The van der Waals surface area contributed by atoms with Crippen molar-refractivity contribution < 1.29 is 17.9 Å². The van der Waals surface area contributed by atoms with Crippen molar-refractivity contribution in [3.8, 4) is 5.88 Å². The molecule has 1 unspecified atom stereocenters. The second-order valence-corrected chi connectivity index (χ2v) is 7.63. The molecule has 1 aromatic rings. The minimum absolute atomic E-state index is 0.0349. The van der Waals surface area contributed by atoms with Gasteiger partial charge in [-0.3, -0.25) is 4.79 Å². The van der Waals surface area contributed by atoms with Crippen LogP contribution in [0, 0.1) is 0 Å². The Kier molecular flexibility index (Phi) is 5.36. The van der Waals surface area contributed by atoms with E-state index in [4.69, 9.17) is 4.74 Å². The molecule has 2 heterocycles. The van der Waals surface area contributed by atoms with Crippen LogP contribution in [0.25, 0.3) is 0 Å². The summed E-state index contributed by atoms with van der Waals surface area (Å²) in [6, 6.07) is 3.32. The van der Waals surface area contributed by atoms with Crippen molar-refractivity contribution >= 4 is 15.7 Å². The predicted octanol–water partition coefficient (Wildman–Crippen LogP) is -0.175. The monoisotopic (exact) mass is 327 g/mol. The molecule has 22 heavy (non-hydrogen) atoms. The number of rotatable bonds is 5. The zero-order valence-corrected chi connectivity index (χ0v) is 13.6. The Balaban J connectivity index is 1.90. The van der Waals surface area contributed by atoms with Crippen LogP contribution in [0.5, 0.6) is 5.88 Å². The lowest BCUT2D eigenvalue weighted by Crippen LogP contribution is -2.48. The maximum Gasteiger partial charge on any atom is 0.221 e. The number of sulfone groups is 1. The molecule has 1 aromatic heterocycles. The molecule has 2 rings (SSSR count). The third-order valence-electron chi connectivity index (χ3n) is 3.77. The molecule has 1 fully saturated rings. The van der Waals surface area contributed by atoms with Crippen LogP contribution in [0.4, 0.5) is 0 Å². The first-order valence-corrected chi connectivity index (χ1v) is 8.88. The van der Waals surface area contributed by atoms with Crippen molar-refractivity contribution in [2.45, 2.75) is 19.0 Å². The number of pyridine rings is 1. The second-order valence-electron chi connectivity index (χ2n) is 5.40. The number of methoxy groups -OCH3 is 1. The highest BCUT2D eigenvalue weighted by atomic mass is 32.2. The number of nitrogens with one attached hydrogen (secondary N) is 1. The molecule has 1 aliphatic heterocycles. The fourth-order valence-corrected chi connectivity index (χ4v) is 4.10. The number of carbonyl (C=O) groups is 1. The molecule has 0 radical (unpaired) electrons. The molecular formula is C14H21N3O4S. The van der Waals surface area contributed by atoms with Crippen molar-refractivity contribution in [3.63, 3.8) is 0 Å². The highest BCUT2D eigenvalue weighted by molar-refractivity contribution is 7.91. The van der Waals surface area contributed by atoms with Crippen LogP contribution in [0.2, 0.25) is 0 Å². The minimum Gasteiger partial charge on any atom is -0.481 e. The quantitative estimate of drug-likeness (QED) is 0.807. The molecule has 8 heteroatoms. The molecule has 0 spiro atoms. The molecular weight excluding hydrogens is 306 g/mol. The summed E-state index contributed by atoms with van der Waals surface area (Å²) in [6.07, 6.45) is 1.78. The van der Waals surface area contributed by atoms with Gasteiger partial charge in [0.2, 0.25) is 11.8 Å². The Morgan fingerprint density at radius 2 is 2.32 bits per heavy atom. The molecule has 1 saturated heterocycles. The average molecular weight is 327 g/mol. The largest absolute Gasteiger partial charge is 0.481 e. The summed E-state index contributed by atoms with van der Waals surface area (Å²) in [7, 11) is 0.327. The van der Waals surface area contributed by atoms with Gasteiger partial charge in [0.25, 0.3) is 0 Å². The number of hydrogen-bond donors (Lipinski definition) is 1. The standard InChI is InChI=1S/C14H21N3O4S/c1-17-6-7-22(19,20)10-12(17)8-13(18)16-9-11-4-3-5-15-14(11)21-2/h3-5,12H,6-10H2,1-2H3,(H,16,18).